The number of aromatic nitrogens is 3. The maximum absolute atomic E-state index is 13.5. The molecule has 0 aliphatic heterocycles. The fourth-order valence-electron chi connectivity index (χ4n) is 3.66. The van der Waals surface area contributed by atoms with Crippen LogP contribution in [0.4, 0.5) is 39.3 Å². The third-order valence-electron chi connectivity index (χ3n) is 5.92. The van der Waals surface area contributed by atoms with Crippen LogP contribution in [0.3, 0.4) is 0 Å². The molecule has 0 fully saturated rings. The highest BCUT2D eigenvalue weighted by atomic mass is 35.5. The third-order valence-corrected chi connectivity index (χ3v) is 6.21. The van der Waals surface area contributed by atoms with Crippen LogP contribution in [0.15, 0.2) is 82.3 Å². The topological polar surface area (TPSA) is 143 Å². The molecule has 5 aromatic rings. The third kappa shape index (κ3) is 6.81. The van der Waals surface area contributed by atoms with E-state index >= 15 is 0 Å². The zero-order chi connectivity index (χ0) is 28.9. The van der Waals surface area contributed by atoms with Crippen LogP contribution in [0.1, 0.15) is 16.9 Å². The molecule has 0 aliphatic carbocycles. The highest BCUT2D eigenvalue weighted by molar-refractivity contribution is 6.31. The molecule has 11 nitrogen and oxygen atoms in total. The van der Waals surface area contributed by atoms with Crippen LogP contribution in [-0.2, 0) is 0 Å². The predicted molar refractivity (Wildman–Crippen MR) is 156 cm³/mol. The lowest BCUT2D eigenvalue weighted by molar-refractivity contribution is -0.384. The van der Waals surface area contributed by atoms with Crippen LogP contribution in [0.5, 0.6) is 0 Å². The van der Waals surface area contributed by atoms with E-state index in [-0.39, 0.29) is 28.6 Å². The number of rotatable bonds is 9. The molecule has 3 N–H and O–H groups in total. The number of aryl methyl sites for hydroxylation is 2. The molecule has 2 heterocycles. The van der Waals surface area contributed by atoms with Gasteiger partial charge in [-0.25, -0.2) is 9.82 Å². The molecule has 0 unspecified atom stereocenters. The van der Waals surface area contributed by atoms with Gasteiger partial charge in [0.15, 0.2) is 0 Å². The molecule has 3 aromatic carbocycles. The summed E-state index contributed by atoms with van der Waals surface area (Å²) in [4.78, 5) is 23.7. The Bertz CT molecular complexity index is 1760. The Morgan fingerprint density at radius 1 is 0.878 bits per heavy atom. The number of nitro benzene ring substituents is 1. The summed E-state index contributed by atoms with van der Waals surface area (Å²) in [7, 11) is 0. The van der Waals surface area contributed by atoms with E-state index in [1.54, 1.807) is 30.3 Å². The highest BCUT2D eigenvalue weighted by Crippen LogP contribution is 2.26. The van der Waals surface area contributed by atoms with Crippen molar-refractivity contribution in [2.75, 3.05) is 16.1 Å². The lowest BCUT2D eigenvalue weighted by atomic mass is 10.1. The number of halogens is 2. The zero-order valence-electron chi connectivity index (χ0n) is 21.7. The molecule has 5 rings (SSSR count). The van der Waals surface area contributed by atoms with Crippen molar-refractivity contribution in [3.05, 3.63) is 111 Å². The van der Waals surface area contributed by atoms with Crippen LogP contribution >= 0.6 is 11.6 Å². The van der Waals surface area contributed by atoms with Crippen LogP contribution in [-0.4, -0.2) is 26.1 Å². The zero-order valence-corrected chi connectivity index (χ0v) is 22.5. The van der Waals surface area contributed by atoms with E-state index < -0.39 is 10.7 Å². The summed E-state index contributed by atoms with van der Waals surface area (Å²) in [6.45, 7) is 4.02. The number of furan rings is 1. The molecular weight excluding hydrogens is 551 g/mol. The molecular formula is C28H22ClFN8O3. The van der Waals surface area contributed by atoms with E-state index in [4.69, 9.17) is 16.0 Å². The van der Waals surface area contributed by atoms with E-state index in [1.165, 1.54) is 30.5 Å². The first-order chi connectivity index (χ1) is 19.7. The Balaban J connectivity index is 1.37. The second kappa shape index (κ2) is 11.8. The van der Waals surface area contributed by atoms with Gasteiger partial charge in [-0.15, -0.1) is 0 Å². The Kier molecular flexibility index (Phi) is 7.83. The van der Waals surface area contributed by atoms with Gasteiger partial charge in [0.1, 0.15) is 17.3 Å². The number of anilines is 5. The molecule has 0 radical (unpaired) electrons. The quantitative estimate of drug-likeness (QED) is 0.0935. The van der Waals surface area contributed by atoms with E-state index in [9.17, 15) is 14.5 Å². The Hall–Kier alpha value is -5.36. The molecule has 41 heavy (non-hydrogen) atoms. The maximum atomic E-state index is 13.5. The van der Waals surface area contributed by atoms with Gasteiger partial charge < -0.3 is 15.1 Å². The van der Waals surface area contributed by atoms with Crippen LogP contribution in [0.25, 0.3) is 11.3 Å². The first kappa shape index (κ1) is 27.2. The lowest BCUT2D eigenvalue weighted by Gasteiger charge is -2.11. The number of hydrogen-bond acceptors (Lipinski definition) is 10. The second-order valence-electron chi connectivity index (χ2n) is 8.86. The van der Waals surface area contributed by atoms with Crippen LogP contribution in [0.2, 0.25) is 5.02 Å². The molecule has 13 heteroatoms. The molecule has 0 amide bonds. The van der Waals surface area contributed by atoms with E-state index in [1.807, 2.05) is 32.0 Å². The summed E-state index contributed by atoms with van der Waals surface area (Å²) in [6.07, 6.45) is 1.43. The monoisotopic (exact) mass is 572 g/mol. The molecule has 0 atom stereocenters. The number of nitrogens with one attached hydrogen (secondary N) is 3. The lowest BCUT2D eigenvalue weighted by Crippen LogP contribution is -2.07. The van der Waals surface area contributed by atoms with Crippen LogP contribution in [0, 0.1) is 29.8 Å². The molecule has 0 bridgehead atoms. The normalized spacial score (nSPS) is 11.0. The van der Waals surface area contributed by atoms with Crippen LogP contribution < -0.4 is 16.1 Å². The minimum absolute atomic E-state index is 0.00558. The SMILES string of the molecule is Cc1ccc(Nc2nc(NN=Cc3ccc(-c4ccc(F)c(Cl)c4)o3)nc(Nc3ccc([N+](=O)[O-])cc3)n2)cc1C. The van der Waals surface area contributed by atoms with Crippen molar-refractivity contribution in [3.8, 4) is 11.3 Å². The summed E-state index contributed by atoms with van der Waals surface area (Å²) < 4.78 is 19.2. The number of non-ortho nitro benzene ring substituents is 1. The van der Waals surface area contributed by atoms with Crippen molar-refractivity contribution in [1.29, 1.82) is 0 Å². The summed E-state index contributed by atoms with van der Waals surface area (Å²) in [5.74, 6) is 0.913. The molecule has 0 saturated heterocycles. The molecule has 0 spiro atoms. The predicted octanol–water partition coefficient (Wildman–Crippen LogP) is 7.38. The molecule has 206 valence electrons. The number of hydrazone groups is 1. The van der Waals surface area contributed by atoms with Crippen molar-refractivity contribution in [3.63, 3.8) is 0 Å². The first-order valence-corrected chi connectivity index (χ1v) is 12.6. The first-order valence-electron chi connectivity index (χ1n) is 12.2. The van der Waals surface area contributed by atoms with Gasteiger partial charge >= 0.3 is 0 Å². The number of nitro groups is 1. The molecule has 2 aromatic heterocycles. The highest BCUT2D eigenvalue weighted by Gasteiger charge is 2.11. The number of hydrogen-bond donors (Lipinski definition) is 3. The number of benzene rings is 3. The molecule has 0 saturated carbocycles. The van der Waals surface area contributed by atoms with Gasteiger partial charge in [-0.1, -0.05) is 17.7 Å². The van der Waals surface area contributed by atoms with Gasteiger partial charge in [0.05, 0.1) is 16.2 Å². The minimum Gasteiger partial charge on any atom is -0.455 e. The van der Waals surface area contributed by atoms with Crippen molar-refractivity contribution < 1.29 is 13.7 Å². The summed E-state index contributed by atoms with van der Waals surface area (Å²) in [5.41, 5.74) is 6.90. The molecule has 0 aliphatic rings. The van der Waals surface area contributed by atoms with Crippen molar-refractivity contribution in [2.45, 2.75) is 13.8 Å². The summed E-state index contributed by atoms with van der Waals surface area (Å²) in [5, 5.41) is 21.3. The average molecular weight is 573 g/mol. The van der Waals surface area contributed by atoms with Crippen molar-refractivity contribution >= 4 is 52.7 Å². The van der Waals surface area contributed by atoms with Gasteiger partial charge in [0.2, 0.25) is 17.8 Å². The van der Waals surface area contributed by atoms with Gasteiger partial charge in [-0.3, -0.25) is 10.1 Å². The van der Waals surface area contributed by atoms with Gasteiger partial charge in [-0.05, 0) is 79.6 Å². The fourth-order valence-corrected chi connectivity index (χ4v) is 3.84. The van der Waals surface area contributed by atoms with E-state index in [2.05, 4.69) is 36.1 Å². The van der Waals surface area contributed by atoms with E-state index in [0.717, 1.165) is 16.8 Å². The Morgan fingerprint density at radius 3 is 2.24 bits per heavy atom. The second-order valence-corrected chi connectivity index (χ2v) is 9.27. The smallest absolute Gasteiger partial charge is 0.269 e. The maximum Gasteiger partial charge on any atom is 0.269 e. The number of nitrogens with zero attached hydrogens (tertiary/aromatic N) is 5. The van der Waals surface area contributed by atoms with Crippen molar-refractivity contribution in [2.24, 2.45) is 5.10 Å². The van der Waals surface area contributed by atoms with Gasteiger partial charge in [-0.2, -0.15) is 20.1 Å². The van der Waals surface area contributed by atoms with Gasteiger partial charge in [0, 0.05) is 29.1 Å². The Morgan fingerprint density at radius 2 is 1.56 bits per heavy atom. The Labute approximate surface area is 238 Å². The van der Waals surface area contributed by atoms with Crippen molar-refractivity contribution in [1.82, 2.24) is 15.0 Å². The standard InChI is InChI=1S/C28H22ClFN8O3/c1-16-3-5-20(13-17(16)2)33-27-34-26(32-19-6-8-21(9-7-19)38(39)40)35-28(36-27)37-31-15-22-10-12-25(41-22)18-4-11-24(30)23(29)14-18/h3-15H,1-2H3,(H3,32,33,34,35,36,37). The average Bonchev–Trinajstić information content (AvgIpc) is 3.41. The van der Waals surface area contributed by atoms with Gasteiger partial charge in [0.25, 0.3) is 5.69 Å². The summed E-state index contributed by atoms with van der Waals surface area (Å²) >= 11 is 5.87. The summed E-state index contributed by atoms with van der Waals surface area (Å²) in [6, 6.07) is 19.4. The minimum atomic E-state index is -0.515. The van der Waals surface area contributed by atoms with E-state index in [0.29, 0.717) is 22.8 Å². The largest absolute Gasteiger partial charge is 0.455 e. The fraction of sp³-hybridized carbons (Fsp3) is 0.0714.